The lowest BCUT2D eigenvalue weighted by molar-refractivity contribution is -0.135. The zero-order valence-corrected chi connectivity index (χ0v) is 20.0. The minimum Gasteiger partial charge on any atom is -0.354 e. The van der Waals surface area contributed by atoms with Gasteiger partial charge in [-0.2, -0.15) is 0 Å². The Bertz CT molecular complexity index is 1010. The molecule has 1 saturated heterocycles. The third kappa shape index (κ3) is 5.89. The Labute approximate surface area is 203 Å². The number of nitrogens with one attached hydrogen (secondary N) is 1. The Kier molecular flexibility index (Phi) is 7.93. The second-order valence-corrected chi connectivity index (χ2v) is 9.94. The minimum atomic E-state index is -0.847. The fourth-order valence-corrected chi connectivity index (χ4v) is 5.50. The molecule has 0 bridgehead atoms. The lowest BCUT2D eigenvalue weighted by atomic mass is 10.1. The molecule has 1 fully saturated rings. The number of nitrogens with zero attached hydrogens (tertiary/aromatic N) is 2. The third-order valence-corrected chi connectivity index (χ3v) is 7.47. The van der Waals surface area contributed by atoms with Crippen molar-refractivity contribution in [3.05, 3.63) is 59.1 Å². The van der Waals surface area contributed by atoms with Crippen LogP contribution in [0.3, 0.4) is 0 Å². The fourth-order valence-electron chi connectivity index (χ4n) is 4.19. The maximum atomic E-state index is 13.4. The number of likely N-dealkylation sites (tertiary alicyclic amines) is 1. The molecule has 8 heteroatoms. The molecule has 0 aliphatic carbocycles. The average Bonchev–Trinajstić information content (AvgIpc) is 3.11. The second kappa shape index (κ2) is 11.1. The van der Waals surface area contributed by atoms with Gasteiger partial charge in [0.25, 0.3) is 5.91 Å². The smallest absolute Gasteiger partial charge is 0.250 e. The van der Waals surface area contributed by atoms with Gasteiger partial charge in [0.05, 0.1) is 5.69 Å². The van der Waals surface area contributed by atoms with Crippen LogP contribution in [0.4, 0.5) is 5.69 Å². The lowest BCUT2D eigenvalue weighted by Crippen LogP contribution is -2.52. The Morgan fingerprint density at radius 3 is 2.42 bits per heavy atom. The number of carbonyl (C=O) groups excluding carboxylic acids is 3. The van der Waals surface area contributed by atoms with Crippen LogP contribution in [-0.4, -0.2) is 54.1 Å². The molecule has 0 spiro atoms. The Morgan fingerprint density at radius 1 is 1.00 bits per heavy atom. The topological polar surface area (TPSA) is 69.7 Å². The minimum absolute atomic E-state index is 0.110. The molecule has 2 aromatic carbocycles. The number of benzene rings is 2. The first-order valence-corrected chi connectivity index (χ1v) is 12.7. The number of halogens is 1. The number of hydrogen-bond acceptors (Lipinski definition) is 4. The van der Waals surface area contributed by atoms with Gasteiger partial charge in [-0.1, -0.05) is 48.7 Å². The van der Waals surface area contributed by atoms with Crippen LogP contribution in [0.5, 0.6) is 0 Å². The van der Waals surface area contributed by atoms with Crippen molar-refractivity contribution >= 4 is 46.8 Å². The maximum absolute atomic E-state index is 13.4. The highest BCUT2D eigenvalue weighted by Gasteiger charge is 2.40. The highest BCUT2D eigenvalue weighted by molar-refractivity contribution is 8.01. The van der Waals surface area contributed by atoms with Crippen LogP contribution in [0, 0.1) is 0 Å². The van der Waals surface area contributed by atoms with E-state index in [4.69, 9.17) is 11.6 Å². The molecule has 0 saturated carbocycles. The molecule has 0 radical (unpaired) electrons. The van der Waals surface area contributed by atoms with Crippen LogP contribution in [0.25, 0.3) is 0 Å². The first-order valence-electron chi connectivity index (χ1n) is 11.4. The zero-order valence-electron chi connectivity index (χ0n) is 18.5. The molecule has 33 heavy (non-hydrogen) atoms. The van der Waals surface area contributed by atoms with E-state index in [-0.39, 0.29) is 24.3 Å². The van der Waals surface area contributed by atoms with E-state index in [1.165, 1.54) is 16.7 Å². The summed E-state index contributed by atoms with van der Waals surface area (Å²) in [6.07, 6.45) is 4.82. The number of amides is 3. The van der Waals surface area contributed by atoms with E-state index in [1.54, 1.807) is 0 Å². The predicted molar refractivity (Wildman–Crippen MR) is 132 cm³/mol. The lowest BCUT2D eigenvalue weighted by Gasteiger charge is -2.34. The van der Waals surface area contributed by atoms with Gasteiger partial charge in [0.2, 0.25) is 11.8 Å². The number of fused-ring (bicyclic) bond motifs is 1. The highest BCUT2D eigenvalue weighted by atomic mass is 35.5. The van der Waals surface area contributed by atoms with Crippen molar-refractivity contribution < 1.29 is 14.4 Å². The fraction of sp³-hybridized carbons (Fsp3) is 0.400. The largest absolute Gasteiger partial charge is 0.354 e. The third-order valence-electron chi connectivity index (χ3n) is 5.98. The van der Waals surface area contributed by atoms with Crippen LogP contribution in [0.1, 0.15) is 31.2 Å². The Balaban J connectivity index is 1.43. The van der Waals surface area contributed by atoms with Gasteiger partial charge < -0.3 is 15.1 Å². The van der Waals surface area contributed by atoms with Crippen molar-refractivity contribution in [2.75, 3.05) is 31.1 Å². The van der Waals surface area contributed by atoms with Gasteiger partial charge in [0.15, 0.2) is 5.25 Å². The molecule has 2 aromatic rings. The van der Waals surface area contributed by atoms with E-state index < -0.39 is 5.25 Å². The van der Waals surface area contributed by atoms with Crippen molar-refractivity contribution in [3.8, 4) is 0 Å². The molecule has 4 rings (SSSR count). The van der Waals surface area contributed by atoms with Gasteiger partial charge in [0, 0.05) is 29.6 Å². The molecule has 2 aliphatic rings. The molecule has 2 aliphatic heterocycles. The molecule has 0 aromatic heterocycles. The second-order valence-electron chi connectivity index (χ2n) is 8.36. The number of para-hydroxylation sites is 1. The number of anilines is 1. The zero-order chi connectivity index (χ0) is 23.2. The standard InChI is InChI=1S/C25H28ClN3O3S/c26-19-11-9-18(10-12-19)13-14-27-22(30)17-29-20-7-3-4-8-21(20)33-23(25(29)32)24(31)28-15-5-1-2-6-16-28/h3-4,7-12,23H,1-2,5-6,13-17H2,(H,27,30)/t23-/m1/s1. The van der Waals surface area contributed by atoms with Gasteiger partial charge >= 0.3 is 0 Å². The summed E-state index contributed by atoms with van der Waals surface area (Å²) >= 11 is 7.21. The summed E-state index contributed by atoms with van der Waals surface area (Å²) in [6.45, 7) is 1.72. The molecule has 0 unspecified atom stereocenters. The molecular weight excluding hydrogens is 458 g/mol. The summed E-state index contributed by atoms with van der Waals surface area (Å²) in [7, 11) is 0. The number of hydrogen-bond donors (Lipinski definition) is 1. The summed E-state index contributed by atoms with van der Waals surface area (Å²) in [5.41, 5.74) is 1.75. The van der Waals surface area contributed by atoms with Crippen molar-refractivity contribution in [1.82, 2.24) is 10.2 Å². The van der Waals surface area contributed by atoms with E-state index in [1.807, 2.05) is 53.4 Å². The van der Waals surface area contributed by atoms with Crippen LogP contribution >= 0.6 is 23.4 Å². The quantitative estimate of drug-likeness (QED) is 0.630. The summed E-state index contributed by atoms with van der Waals surface area (Å²) in [5, 5.41) is 2.72. The van der Waals surface area contributed by atoms with E-state index in [9.17, 15) is 14.4 Å². The van der Waals surface area contributed by atoms with Crippen molar-refractivity contribution in [2.45, 2.75) is 42.2 Å². The van der Waals surface area contributed by atoms with Crippen molar-refractivity contribution in [2.24, 2.45) is 0 Å². The number of thioether (sulfide) groups is 1. The first kappa shape index (κ1) is 23.6. The summed E-state index contributed by atoms with van der Waals surface area (Å²) in [4.78, 5) is 43.5. The Hall–Kier alpha value is -2.51. The molecule has 1 atom stereocenters. The van der Waals surface area contributed by atoms with Gasteiger partial charge in [-0.3, -0.25) is 14.4 Å². The molecular formula is C25H28ClN3O3S. The maximum Gasteiger partial charge on any atom is 0.250 e. The number of carbonyl (C=O) groups is 3. The Morgan fingerprint density at radius 2 is 1.70 bits per heavy atom. The SMILES string of the molecule is O=C(CN1C(=O)[C@@H](C(=O)N2CCCCCC2)Sc2ccccc21)NCCc1ccc(Cl)cc1. The normalized spacial score (nSPS) is 18.5. The van der Waals surface area contributed by atoms with E-state index in [2.05, 4.69) is 5.32 Å². The van der Waals surface area contributed by atoms with Gasteiger partial charge in [0.1, 0.15) is 6.54 Å². The van der Waals surface area contributed by atoms with Gasteiger partial charge in [-0.25, -0.2) is 0 Å². The van der Waals surface area contributed by atoms with Crippen LogP contribution in [0.2, 0.25) is 5.02 Å². The van der Waals surface area contributed by atoms with Gasteiger partial charge in [-0.05, 0) is 49.1 Å². The summed E-state index contributed by atoms with van der Waals surface area (Å²) in [5.74, 6) is -0.713. The average molecular weight is 486 g/mol. The van der Waals surface area contributed by atoms with Crippen molar-refractivity contribution in [1.29, 1.82) is 0 Å². The van der Waals surface area contributed by atoms with Crippen LogP contribution < -0.4 is 10.2 Å². The summed E-state index contributed by atoms with van der Waals surface area (Å²) in [6, 6.07) is 15.0. The number of rotatable bonds is 6. The van der Waals surface area contributed by atoms with Crippen molar-refractivity contribution in [3.63, 3.8) is 0 Å². The van der Waals surface area contributed by atoms with Crippen LogP contribution in [-0.2, 0) is 20.8 Å². The molecule has 2 heterocycles. The van der Waals surface area contributed by atoms with E-state index in [0.29, 0.717) is 36.8 Å². The molecule has 174 valence electrons. The van der Waals surface area contributed by atoms with Gasteiger partial charge in [-0.15, -0.1) is 11.8 Å². The van der Waals surface area contributed by atoms with E-state index in [0.717, 1.165) is 36.1 Å². The van der Waals surface area contributed by atoms with Crippen LogP contribution in [0.15, 0.2) is 53.4 Å². The highest BCUT2D eigenvalue weighted by Crippen LogP contribution is 2.39. The molecule has 3 amide bonds. The predicted octanol–water partition coefficient (Wildman–Crippen LogP) is 3.91. The molecule has 6 nitrogen and oxygen atoms in total. The molecule has 1 N–H and O–H groups in total. The van der Waals surface area contributed by atoms with E-state index >= 15 is 0 Å². The monoisotopic (exact) mass is 485 g/mol. The summed E-state index contributed by atoms with van der Waals surface area (Å²) < 4.78 is 0. The first-order chi connectivity index (χ1) is 16.0.